The molecule has 0 atom stereocenters. The lowest BCUT2D eigenvalue weighted by Crippen LogP contribution is -2.08. The number of benzene rings is 1. The molecule has 0 saturated heterocycles. The normalized spacial score (nSPS) is 10.0. The first-order chi connectivity index (χ1) is 8.61. The molecule has 4 nitrogen and oxygen atoms in total. The number of aromatic nitrogens is 1. The number of rotatable bonds is 3. The molecule has 2 rings (SSSR count). The molecule has 0 radical (unpaired) electrons. The van der Waals surface area contributed by atoms with Crippen LogP contribution in [0.25, 0.3) is 0 Å². The molecule has 0 amide bonds. The van der Waals surface area contributed by atoms with Gasteiger partial charge in [-0.05, 0) is 17.7 Å². The lowest BCUT2D eigenvalue weighted by Gasteiger charge is -2.07. The Morgan fingerprint density at radius 2 is 2.17 bits per heavy atom. The summed E-state index contributed by atoms with van der Waals surface area (Å²) in [6.07, 6.45) is 1.51. The van der Waals surface area contributed by atoms with Gasteiger partial charge < -0.3 is 9.67 Å². The largest absolute Gasteiger partial charge is 0.477 e. The molecular formula is C13H9ClN2O2. The Morgan fingerprint density at radius 1 is 1.44 bits per heavy atom. The highest BCUT2D eigenvalue weighted by atomic mass is 35.5. The van der Waals surface area contributed by atoms with Crippen LogP contribution in [-0.2, 0) is 6.54 Å². The molecule has 0 spiro atoms. The van der Waals surface area contributed by atoms with Crippen LogP contribution in [0.1, 0.15) is 21.6 Å². The third-order valence-corrected chi connectivity index (χ3v) is 2.91. The van der Waals surface area contributed by atoms with Crippen molar-refractivity contribution in [2.24, 2.45) is 0 Å². The van der Waals surface area contributed by atoms with E-state index in [9.17, 15) is 4.79 Å². The minimum absolute atomic E-state index is 0.0754. The van der Waals surface area contributed by atoms with Crippen LogP contribution in [0.5, 0.6) is 0 Å². The zero-order valence-corrected chi connectivity index (χ0v) is 10.1. The standard InChI is InChI=1S/C13H9ClN2O2/c14-11-4-2-1-3-10(11)8-16-7-9(6-15)5-12(16)13(17)18/h1-5,7H,8H2,(H,17,18). The molecule has 0 unspecified atom stereocenters. The maximum Gasteiger partial charge on any atom is 0.352 e. The fraction of sp³-hybridized carbons (Fsp3) is 0.0769. The summed E-state index contributed by atoms with van der Waals surface area (Å²) in [7, 11) is 0. The van der Waals surface area contributed by atoms with Gasteiger partial charge in [0.2, 0.25) is 0 Å². The van der Waals surface area contributed by atoms with Crippen LogP contribution in [0.4, 0.5) is 0 Å². The molecule has 0 aliphatic heterocycles. The third kappa shape index (κ3) is 2.36. The average Bonchev–Trinajstić information content (AvgIpc) is 2.75. The second kappa shape index (κ2) is 4.94. The number of carboxylic acids is 1. The first-order valence-corrected chi connectivity index (χ1v) is 5.56. The number of nitrogens with zero attached hydrogens (tertiary/aromatic N) is 2. The molecule has 1 aromatic heterocycles. The lowest BCUT2D eigenvalue weighted by molar-refractivity contribution is 0.0685. The maximum atomic E-state index is 11.1. The van der Waals surface area contributed by atoms with Gasteiger partial charge in [-0.25, -0.2) is 4.79 Å². The van der Waals surface area contributed by atoms with E-state index in [1.54, 1.807) is 12.1 Å². The zero-order valence-electron chi connectivity index (χ0n) is 9.30. The van der Waals surface area contributed by atoms with Gasteiger partial charge in [0, 0.05) is 17.8 Å². The van der Waals surface area contributed by atoms with Crippen molar-refractivity contribution in [2.45, 2.75) is 6.54 Å². The van der Waals surface area contributed by atoms with Crippen molar-refractivity contribution < 1.29 is 9.90 Å². The third-order valence-electron chi connectivity index (χ3n) is 2.54. The van der Waals surface area contributed by atoms with Gasteiger partial charge in [0.15, 0.2) is 0 Å². The number of carbonyl (C=O) groups is 1. The molecule has 1 heterocycles. The summed E-state index contributed by atoms with van der Waals surface area (Å²) >= 11 is 6.02. The van der Waals surface area contributed by atoms with E-state index in [4.69, 9.17) is 22.0 Å². The van der Waals surface area contributed by atoms with Gasteiger partial charge in [0.1, 0.15) is 11.8 Å². The molecule has 18 heavy (non-hydrogen) atoms. The van der Waals surface area contributed by atoms with E-state index in [0.29, 0.717) is 17.1 Å². The summed E-state index contributed by atoms with van der Waals surface area (Å²) in [6.45, 7) is 0.322. The van der Waals surface area contributed by atoms with Crippen LogP contribution in [0, 0.1) is 11.3 Å². The predicted octanol–water partition coefficient (Wildman–Crippen LogP) is 2.76. The van der Waals surface area contributed by atoms with Crippen LogP contribution in [-0.4, -0.2) is 15.6 Å². The summed E-state index contributed by atoms with van der Waals surface area (Å²) in [5.74, 6) is -1.07. The van der Waals surface area contributed by atoms with Crippen LogP contribution in [0.3, 0.4) is 0 Å². The van der Waals surface area contributed by atoms with Crippen LogP contribution >= 0.6 is 11.6 Å². The smallest absolute Gasteiger partial charge is 0.352 e. The monoisotopic (exact) mass is 260 g/mol. The highest BCUT2D eigenvalue weighted by Gasteiger charge is 2.13. The highest BCUT2D eigenvalue weighted by molar-refractivity contribution is 6.31. The number of hydrogen-bond donors (Lipinski definition) is 1. The molecule has 0 bridgehead atoms. The van der Waals surface area contributed by atoms with Crippen LogP contribution in [0.2, 0.25) is 5.02 Å². The summed E-state index contributed by atoms with van der Waals surface area (Å²) in [5, 5.41) is 18.4. The van der Waals surface area contributed by atoms with E-state index >= 15 is 0 Å². The van der Waals surface area contributed by atoms with E-state index in [1.165, 1.54) is 16.8 Å². The van der Waals surface area contributed by atoms with Gasteiger partial charge in [0.05, 0.1) is 5.56 Å². The molecule has 90 valence electrons. The Kier molecular flexibility index (Phi) is 3.35. The lowest BCUT2D eigenvalue weighted by atomic mass is 10.2. The molecule has 0 fully saturated rings. The summed E-state index contributed by atoms with van der Waals surface area (Å²) < 4.78 is 1.50. The summed E-state index contributed by atoms with van der Waals surface area (Å²) in [4.78, 5) is 11.1. The van der Waals surface area contributed by atoms with E-state index in [2.05, 4.69) is 0 Å². The molecule has 0 aliphatic carbocycles. The van der Waals surface area contributed by atoms with Crippen molar-refractivity contribution in [3.8, 4) is 6.07 Å². The van der Waals surface area contributed by atoms with Crippen molar-refractivity contribution in [3.05, 3.63) is 58.4 Å². The second-order valence-electron chi connectivity index (χ2n) is 3.75. The Bertz CT molecular complexity index is 641. The van der Waals surface area contributed by atoms with E-state index in [0.717, 1.165) is 5.56 Å². The molecule has 2 aromatic rings. The Morgan fingerprint density at radius 3 is 2.78 bits per heavy atom. The maximum absolute atomic E-state index is 11.1. The molecule has 1 aromatic carbocycles. The minimum Gasteiger partial charge on any atom is -0.477 e. The number of aromatic carboxylic acids is 1. The number of carboxylic acid groups (broad SMARTS) is 1. The van der Waals surface area contributed by atoms with Crippen LogP contribution in [0.15, 0.2) is 36.5 Å². The Hall–Kier alpha value is -2.25. The van der Waals surface area contributed by atoms with Crippen molar-refractivity contribution in [3.63, 3.8) is 0 Å². The van der Waals surface area contributed by atoms with Gasteiger partial charge >= 0.3 is 5.97 Å². The van der Waals surface area contributed by atoms with Gasteiger partial charge in [0.25, 0.3) is 0 Å². The van der Waals surface area contributed by atoms with Gasteiger partial charge in [-0.1, -0.05) is 29.8 Å². The zero-order chi connectivity index (χ0) is 13.1. The van der Waals surface area contributed by atoms with Gasteiger partial charge in [-0.3, -0.25) is 0 Å². The van der Waals surface area contributed by atoms with Gasteiger partial charge in [-0.15, -0.1) is 0 Å². The minimum atomic E-state index is -1.07. The van der Waals surface area contributed by atoms with Crippen molar-refractivity contribution in [2.75, 3.05) is 0 Å². The summed E-state index contributed by atoms with van der Waals surface area (Å²) in [6, 6.07) is 10.5. The van der Waals surface area contributed by atoms with Crippen LogP contribution < -0.4 is 0 Å². The predicted molar refractivity (Wildman–Crippen MR) is 66.7 cm³/mol. The van der Waals surface area contributed by atoms with E-state index in [1.807, 2.05) is 18.2 Å². The SMILES string of the molecule is N#Cc1cc(C(=O)O)n(Cc2ccccc2Cl)c1. The number of hydrogen-bond acceptors (Lipinski definition) is 2. The molecular weight excluding hydrogens is 252 g/mol. The number of nitriles is 1. The second-order valence-corrected chi connectivity index (χ2v) is 4.16. The Balaban J connectivity index is 2.40. The fourth-order valence-electron chi connectivity index (χ4n) is 1.69. The van der Waals surface area contributed by atoms with E-state index in [-0.39, 0.29) is 5.69 Å². The fourth-order valence-corrected chi connectivity index (χ4v) is 1.89. The number of halogens is 1. The first-order valence-electron chi connectivity index (χ1n) is 5.19. The molecule has 0 saturated carbocycles. The first kappa shape index (κ1) is 12.2. The molecule has 0 aliphatic rings. The topological polar surface area (TPSA) is 66.0 Å². The van der Waals surface area contributed by atoms with Crippen molar-refractivity contribution in [1.29, 1.82) is 5.26 Å². The molecule has 1 N–H and O–H groups in total. The van der Waals surface area contributed by atoms with E-state index < -0.39 is 5.97 Å². The Labute approximate surface area is 109 Å². The van der Waals surface area contributed by atoms with Crippen molar-refractivity contribution >= 4 is 17.6 Å². The van der Waals surface area contributed by atoms with Gasteiger partial charge in [-0.2, -0.15) is 5.26 Å². The average molecular weight is 261 g/mol. The van der Waals surface area contributed by atoms with Crippen molar-refractivity contribution in [1.82, 2.24) is 4.57 Å². The highest BCUT2D eigenvalue weighted by Crippen LogP contribution is 2.18. The molecule has 5 heteroatoms. The quantitative estimate of drug-likeness (QED) is 0.923. The summed E-state index contributed by atoms with van der Waals surface area (Å²) in [5.41, 5.74) is 1.20.